The fraction of sp³-hybridized carbons (Fsp3) is 0.417. The number of pyridine rings is 1. The second kappa shape index (κ2) is 9.13. The van der Waals surface area contributed by atoms with E-state index in [-0.39, 0.29) is 17.1 Å². The van der Waals surface area contributed by atoms with Crippen LogP contribution in [0.2, 0.25) is 0 Å². The highest BCUT2D eigenvalue weighted by Gasteiger charge is 2.23. The molecule has 30 heavy (non-hydrogen) atoms. The summed E-state index contributed by atoms with van der Waals surface area (Å²) < 4.78 is 11.3. The third kappa shape index (κ3) is 5.36. The van der Waals surface area contributed by atoms with Gasteiger partial charge in [0.05, 0.1) is 18.7 Å². The minimum absolute atomic E-state index is 0.00629. The first-order valence-corrected chi connectivity index (χ1v) is 11.0. The minimum atomic E-state index is -0.223. The van der Waals surface area contributed by atoms with Gasteiger partial charge in [-0.05, 0) is 44.5 Å². The molecule has 0 saturated carbocycles. The van der Waals surface area contributed by atoms with Crippen molar-refractivity contribution >= 4 is 28.6 Å². The summed E-state index contributed by atoms with van der Waals surface area (Å²) in [5, 5.41) is 1.10. The Hall–Kier alpha value is -2.47. The van der Waals surface area contributed by atoms with E-state index in [9.17, 15) is 4.79 Å². The number of aromatic nitrogens is 2. The number of benzene rings is 1. The number of rotatable bonds is 7. The van der Waals surface area contributed by atoms with E-state index < -0.39 is 0 Å². The average Bonchev–Trinajstić information content (AvgIpc) is 2.99. The van der Waals surface area contributed by atoms with Gasteiger partial charge in [0.2, 0.25) is 0 Å². The predicted octanol–water partition coefficient (Wildman–Crippen LogP) is 5.75. The molecule has 0 fully saturated rings. The second-order valence-corrected chi connectivity index (χ2v) is 10.2. The Morgan fingerprint density at radius 2 is 1.93 bits per heavy atom. The summed E-state index contributed by atoms with van der Waals surface area (Å²) in [7, 11) is 0. The normalized spacial score (nSPS) is 11.7. The van der Waals surface area contributed by atoms with Gasteiger partial charge in [-0.25, -0.2) is 0 Å². The molecular formula is C24H30N2O3S. The molecule has 3 rings (SSSR count). The summed E-state index contributed by atoms with van der Waals surface area (Å²) in [5.41, 5.74) is 4.96. The first-order chi connectivity index (χ1) is 14.2. The summed E-state index contributed by atoms with van der Waals surface area (Å²) in [6, 6.07) is 8.01. The van der Waals surface area contributed by atoms with Crippen molar-refractivity contribution in [3.8, 4) is 5.75 Å². The number of thioether (sulfide) groups is 1. The van der Waals surface area contributed by atoms with Gasteiger partial charge in [0, 0.05) is 38.0 Å². The van der Waals surface area contributed by atoms with Gasteiger partial charge in [-0.1, -0.05) is 26.8 Å². The summed E-state index contributed by atoms with van der Waals surface area (Å²) >= 11 is 1.76. The summed E-state index contributed by atoms with van der Waals surface area (Å²) in [4.78, 5) is 21.1. The topological polar surface area (TPSA) is 64.2 Å². The van der Waals surface area contributed by atoms with Crippen molar-refractivity contribution < 1.29 is 14.3 Å². The van der Waals surface area contributed by atoms with E-state index in [0.29, 0.717) is 13.2 Å². The molecule has 0 amide bonds. The van der Waals surface area contributed by atoms with Crippen molar-refractivity contribution in [2.24, 2.45) is 0 Å². The van der Waals surface area contributed by atoms with E-state index in [1.54, 1.807) is 11.8 Å². The largest absolute Gasteiger partial charge is 0.487 e. The maximum Gasteiger partial charge on any atom is 0.311 e. The van der Waals surface area contributed by atoms with Crippen molar-refractivity contribution in [2.75, 3.05) is 6.61 Å². The maximum atomic E-state index is 12.2. The van der Waals surface area contributed by atoms with Crippen molar-refractivity contribution in [2.45, 2.75) is 64.2 Å². The quantitative estimate of drug-likeness (QED) is 0.385. The zero-order valence-corrected chi connectivity index (χ0v) is 19.4. The van der Waals surface area contributed by atoms with Crippen LogP contribution in [-0.4, -0.2) is 27.3 Å². The standard InChI is InChI=1S/C24H30N2O3S/c1-7-28-21(27)12-19-23(30-24(4,5)6)22-16(3)20(11-10-18(22)26-19)29-14-17-9-8-15(2)13-25-17/h8-11,13,26H,7,12,14H2,1-6H3. The van der Waals surface area contributed by atoms with Crippen LogP contribution in [0.4, 0.5) is 0 Å². The van der Waals surface area contributed by atoms with Crippen LogP contribution in [0.1, 0.15) is 50.2 Å². The van der Waals surface area contributed by atoms with Gasteiger partial charge < -0.3 is 14.5 Å². The summed E-state index contributed by atoms with van der Waals surface area (Å²) in [6.45, 7) is 13.2. The Morgan fingerprint density at radius 1 is 1.17 bits per heavy atom. The van der Waals surface area contributed by atoms with Gasteiger partial charge in [-0.2, -0.15) is 0 Å². The molecular weight excluding hydrogens is 396 g/mol. The number of hydrogen-bond donors (Lipinski definition) is 1. The van der Waals surface area contributed by atoms with E-state index in [2.05, 4.69) is 37.7 Å². The number of aryl methyl sites for hydroxylation is 2. The number of aromatic amines is 1. The van der Waals surface area contributed by atoms with Crippen molar-refractivity contribution in [3.63, 3.8) is 0 Å². The molecule has 0 aliphatic heterocycles. The number of carbonyl (C=O) groups excluding carboxylic acids is 1. The fourth-order valence-electron chi connectivity index (χ4n) is 3.25. The molecule has 3 aromatic rings. The molecule has 0 spiro atoms. The zero-order valence-electron chi connectivity index (χ0n) is 18.6. The van der Waals surface area contributed by atoms with Crippen LogP contribution in [-0.2, 0) is 22.6 Å². The zero-order chi connectivity index (χ0) is 21.9. The molecule has 0 atom stereocenters. The summed E-state index contributed by atoms with van der Waals surface area (Å²) in [6.07, 6.45) is 2.07. The Balaban J connectivity index is 1.97. The van der Waals surface area contributed by atoms with Gasteiger partial charge in [-0.3, -0.25) is 9.78 Å². The van der Waals surface area contributed by atoms with E-state index in [0.717, 1.165) is 44.1 Å². The Kier molecular flexibility index (Phi) is 6.76. The number of esters is 1. The van der Waals surface area contributed by atoms with Gasteiger partial charge in [0.1, 0.15) is 12.4 Å². The average molecular weight is 427 g/mol. The van der Waals surface area contributed by atoms with Gasteiger partial charge in [0.15, 0.2) is 0 Å². The molecule has 0 aliphatic carbocycles. The van der Waals surface area contributed by atoms with Crippen LogP contribution in [0.5, 0.6) is 5.75 Å². The van der Waals surface area contributed by atoms with Crippen LogP contribution < -0.4 is 4.74 Å². The lowest BCUT2D eigenvalue weighted by molar-refractivity contribution is -0.142. The predicted molar refractivity (Wildman–Crippen MR) is 122 cm³/mol. The van der Waals surface area contributed by atoms with E-state index in [4.69, 9.17) is 9.47 Å². The highest BCUT2D eigenvalue weighted by atomic mass is 32.2. The van der Waals surface area contributed by atoms with E-state index in [1.165, 1.54) is 0 Å². The number of H-pyrrole nitrogens is 1. The molecule has 6 heteroatoms. The van der Waals surface area contributed by atoms with Crippen molar-refractivity contribution in [3.05, 3.63) is 53.0 Å². The van der Waals surface area contributed by atoms with Crippen LogP contribution in [0, 0.1) is 13.8 Å². The Labute approximate surface area is 182 Å². The number of fused-ring (bicyclic) bond motifs is 1. The molecule has 160 valence electrons. The first-order valence-electron chi connectivity index (χ1n) is 10.2. The molecule has 0 saturated heterocycles. The third-order valence-electron chi connectivity index (χ3n) is 4.58. The lowest BCUT2D eigenvalue weighted by Crippen LogP contribution is -2.11. The van der Waals surface area contributed by atoms with Crippen molar-refractivity contribution in [1.29, 1.82) is 0 Å². The SMILES string of the molecule is CCOC(=O)Cc1[nH]c2ccc(OCc3ccc(C)cn3)c(C)c2c1SC(C)(C)C. The van der Waals surface area contributed by atoms with Crippen LogP contribution in [0.15, 0.2) is 35.4 Å². The molecule has 5 nitrogen and oxygen atoms in total. The Bertz CT molecular complexity index is 1030. The molecule has 0 bridgehead atoms. The molecule has 2 heterocycles. The number of hydrogen-bond acceptors (Lipinski definition) is 5. The number of carbonyl (C=O) groups is 1. The van der Waals surface area contributed by atoms with Crippen LogP contribution >= 0.6 is 11.8 Å². The summed E-state index contributed by atoms with van der Waals surface area (Å²) in [5.74, 6) is 0.599. The Morgan fingerprint density at radius 3 is 2.57 bits per heavy atom. The lowest BCUT2D eigenvalue weighted by Gasteiger charge is -2.19. The van der Waals surface area contributed by atoms with Gasteiger partial charge in [0.25, 0.3) is 0 Å². The molecule has 1 aromatic carbocycles. The minimum Gasteiger partial charge on any atom is -0.487 e. The second-order valence-electron chi connectivity index (χ2n) is 8.36. The smallest absolute Gasteiger partial charge is 0.311 e. The molecule has 2 aromatic heterocycles. The van der Waals surface area contributed by atoms with E-state index >= 15 is 0 Å². The number of nitrogens with one attached hydrogen (secondary N) is 1. The van der Waals surface area contributed by atoms with Gasteiger partial charge in [-0.15, -0.1) is 11.8 Å². The van der Waals surface area contributed by atoms with Gasteiger partial charge >= 0.3 is 5.97 Å². The number of ether oxygens (including phenoxy) is 2. The first kappa shape index (κ1) is 22.2. The van der Waals surface area contributed by atoms with E-state index in [1.807, 2.05) is 44.3 Å². The molecule has 1 N–H and O–H groups in total. The fourth-order valence-corrected chi connectivity index (χ4v) is 4.47. The molecule has 0 aliphatic rings. The third-order valence-corrected chi connectivity index (χ3v) is 5.85. The highest BCUT2D eigenvalue weighted by molar-refractivity contribution is 8.00. The molecule has 0 unspecified atom stereocenters. The van der Waals surface area contributed by atoms with Crippen LogP contribution in [0.25, 0.3) is 10.9 Å². The maximum absolute atomic E-state index is 12.2. The highest BCUT2D eigenvalue weighted by Crippen LogP contribution is 2.42. The lowest BCUT2D eigenvalue weighted by atomic mass is 10.1. The van der Waals surface area contributed by atoms with Crippen LogP contribution in [0.3, 0.4) is 0 Å². The number of nitrogens with zero attached hydrogens (tertiary/aromatic N) is 1. The molecule has 0 radical (unpaired) electrons. The van der Waals surface area contributed by atoms with Crippen molar-refractivity contribution in [1.82, 2.24) is 9.97 Å². The monoisotopic (exact) mass is 426 g/mol.